The average Bonchev–Trinajstić information content (AvgIpc) is 3.04. The molecule has 3 aromatic rings. The molecule has 6 nitrogen and oxygen atoms in total. The number of hydrogen-bond donors (Lipinski definition) is 1. The van der Waals surface area contributed by atoms with E-state index in [-0.39, 0.29) is 5.75 Å². The number of benzene rings is 1. The van der Waals surface area contributed by atoms with Gasteiger partial charge < -0.3 is 10.3 Å². The number of aromatic nitrogens is 3. The second-order valence-electron chi connectivity index (χ2n) is 7.01. The van der Waals surface area contributed by atoms with Gasteiger partial charge in [-0.15, -0.1) is 0 Å². The molecule has 9 heteroatoms. The van der Waals surface area contributed by atoms with E-state index in [2.05, 4.69) is 14.5 Å². The monoisotopic (exact) mass is 422 g/mol. The SMILES string of the molecule is CCc1nc2c(N)ncc(C)c2n1CCCCCS(=O)(=O)c1ccc(F)cc1F. The van der Waals surface area contributed by atoms with Gasteiger partial charge in [0.25, 0.3) is 0 Å². The average molecular weight is 423 g/mol. The summed E-state index contributed by atoms with van der Waals surface area (Å²) in [5.74, 6) is -0.734. The molecule has 0 aliphatic heterocycles. The van der Waals surface area contributed by atoms with E-state index < -0.39 is 26.4 Å². The maximum Gasteiger partial charge on any atom is 0.181 e. The van der Waals surface area contributed by atoms with Crippen LogP contribution in [0.15, 0.2) is 29.3 Å². The standard InChI is InChI=1S/C20H24F2N4O2S/c1-3-17-25-18-19(13(2)12-24-20(18)23)26(17)9-5-4-6-10-29(27,28)16-8-7-14(21)11-15(16)22/h7-8,11-12H,3-6,9-10H2,1-2H3,(H2,23,24). The predicted octanol–water partition coefficient (Wildman–Crippen LogP) is 3.81. The number of unbranched alkanes of at least 4 members (excludes halogenated alkanes) is 2. The molecule has 0 aliphatic carbocycles. The van der Waals surface area contributed by atoms with Crippen molar-refractivity contribution in [2.75, 3.05) is 11.5 Å². The molecule has 0 unspecified atom stereocenters. The van der Waals surface area contributed by atoms with Crippen molar-refractivity contribution in [2.24, 2.45) is 0 Å². The zero-order valence-corrected chi connectivity index (χ0v) is 17.3. The number of fused-ring (bicyclic) bond motifs is 1. The van der Waals surface area contributed by atoms with E-state index in [4.69, 9.17) is 5.73 Å². The highest BCUT2D eigenvalue weighted by Gasteiger charge is 2.19. The van der Waals surface area contributed by atoms with Crippen LogP contribution in [0.2, 0.25) is 0 Å². The first kappa shape index (κ1) is 21.2. The Bertz CT molecular complexity index is 1140. The molecule has 0 aliphatic rings. The van der Waals surface area contributed by atoms with E-state index in [1.807, 2.05) is 13.8 Å². The number of rotatable bonds is 8. The van der Waals surface area contributed by atoms with Crippen molar-refractivity contribution in [3.8, 4) is 0 Å². The van der Waals surface area contributed by atoms with E-state index in [1.165, 1.54) is 0 Å². The van der Waals surface area contributed by atoms with E-state index >= 15 is 0 Å². The van der Waals surface area contributed by atoms with Crippen LogP contribution in [0.1, 0.15) is 37.6 Å². The quantitative estimate of drug-likeness (QED) is 0.440. The first-order valence-electron chi connectivity index (χ1n) is 9.52. The molecule has 1 aromatic carbocycles. The Morgan fingerprint density at radius 3 is 2.62 bits per heavy atom. The summed E-state index contributed by atoms with van der Waals surface area (Å²) < 4.78 is 53.5. The molecule has 2 N–H and O–H groups in total. The molecule has 0 saturated carbocycles. The molecule has 0 amide bonds. The van der Waals surface area contributed by atoms with Crippen LogP contribution in [-0.4, -0.2) is 28.7 Å². The lowest BCUT2D eigenvalue weighted by Gasteiger charge is -2.10. The molecular formula is C20H24F2N4O2S. The lowest BCUT2D eigenvalue weighted by Crippen LogP contribution is -2.10. The molecule has 156 valence electrons. The summed E-state index contributed by atoms with van der Waals surface area (Å²) in [7, 11) is -3.79. The normalized spacial score (nSPS) is 12.0. The summed E-state index contributed by atoms with van der Waals surface area (Å²) in [5, 5.41) is 0. The Morgan fingerprint density at radius 2 is 1.93 bits per heavy atom. The molecule has 29 heavy (non-hydrogen) atoms. The van der Waals surface area contributed by atoms with Gasteiger partial charge in [-0.1, -0.05) is 13.3 Å². The van der Waals surface area contributed by atoms with Crippen molar-refractivity contribution in [1.82, 2.24) is 14.5 Å². The third kappa shape index (κ3) is 4.39. The molecular weight excluding hydrogens is 398 g/mol. The van der Waals surface area contributed by atoms with Gasteiger partial charge in [-0.3, -0.25) is 0 Å². The summed E-state index contributed by atoms with van der Waals surface area (Å²) in [5.41, 5.74) is 8.58. The van der Waals surface area contributed by atoms with Crippen LogP contribution in [0.3, 0.4) is 0 Å². The maximum atomic E-state index is 13.8. The fourth-order valence-corrected chi connectivity index (χ4v) is 4.89. The van der Waals surface area contributed by atoms with Crippen LogP contribution in [0.5, 0.6) is 0 Å². The number of sulfone groups is 1. The molecule has 0 fully saturated rings. The number of anilines is 1. The van der Waals surface area contributed by atoms with Crippen molar-refractivity contribution in [2.45, 2.75) is 51.0 Å². The van der Waals surface area contributed by atoms with Crippen LogP contribution in [-0.2, 0) is 22.8 Å². The van der Waals surface area contributed by atoms with Crippen LogP contribution in [0, 0.1) is 18.6 Å². The second kappa shape index (κ2) is 8.44. The van der Waals surface area contributed by atoms with Gasteiger partial charge in [-0.05, 0) is 37.5 Å². The van der Waals surface area contributed by atoms with Gasteiger partial charge in [0, 0.05) is 25.2 Å². The fourth-order valence-electron chi connectivity index (χ4n) is 3.45. The Kier molecular flexibility index (Phi) is 6.16. The first-order valence-corrected chi connectivity index (χ1v) is 11.2. The predicted molar refractivity (Wildman–Crippen MR) is 108 cm³/mol. The van der Waals surface area contributed by atoms with Gasteiger partial charge in [-0.2, -0.15) is 0 Å². The topological polar surface area (TPSA) is 90.9 Å². The Labute approximate surface area is 168 Å². The van der Waals surface area contributed by atoms with Crippen LogP contribution in [0.25, 0.3) is 11.0 Å². The van der Waals surface area contributed by atoms with E-state index in [1.54, 1.807) is 6.20 Å². The molecule has 2 heterocycles. The van der Waals surface area contributed by atoms with Crippen LogP contribution in [0.4, 0.5) is 14.6 Å². The zero-order chi connectivity index (χ0) is 21.2. The van der Waals surface area contributed by atoms with Gasteiger partial charge in [0.2, 0.25) is 0 Å². The summed E-state index contributed by atoms with van der Waals surface area (Å²) in [6.07, 6.45) is 4.23. The van der Waals surface area contributed by atoms with Gasteiger partial charge in [0.05, 0.1) is 11.3 Å². The molecule has 0 bridgehead atoms. The third-order valence-electron chi connectivity index (χ3n) is 4.90. The van der Waals surface area contributed by atoms with Crippen molar-refractivity contribution >= 4 is 26.7 Å². The molecule has 2 aromatic heterocycles. The summed E-state index contributed by atoms with van der Waals surface area (Å²) in [6, 6.07) is 2.52. The van der Waals surface area contributed by atoms with Crippen molar-refractivity contribution in [1.29, 1.82) is 0 Å². The Hall–Kier alpha value is -2.55. The maximum absolute atomic E-state index is 13.8. The van der Waals surface area contributed by atoms with Crippen LogP contribution < -0.4 is 5.73 Å². The highest BCUT2D eigenvalue weighted by molar-refractivity contribution is 7.91. The fraction of sp³-hybridized carbons (Fsp3) is 0.400. The minimum atomic E-state index is -3.79. The van der Waals surface area contributed by atoms with E-state index in [0.29, 0.717) is 36.8 Å². The molecule has 0 spiro atoms. The first-order chi connectivity index (χ1) is 13.7. The summed E-state index contributed by atoms with van der Waals surface area (Å²) >= 11 is 0. The summed E-state index contributed by atoms with van der Waals surface area (Å²) in [6.45, 7) is 4.64. The number of nitrogens with two attached hydrogens (primary N) is 1. The van der Waals surface area contributed by atoms with Crippen molar-refractivity contribution in [3.05, 3.63) is 47.4 Å². The number of aryl methyl sites for hydroxylation is 3. The van der Waals surface area contributed by atoms with Gasteiger partial charge >= 0.3 is 0 Å². The number of halogens is 2. The highest BCUT2D eigenvalue weighted by atomic mass is 32.2. The Morgan fingerprint density at radius 1 is 1.17 bits per heavy atom. The number of imidazole rings is 1. The van der Waals surface area contributed by atoms with Crippen LogP contribution >= 0.6 is 0 Å². The van der Waals surface area contributed by atoms with Crippen molar-refractivity contribution in [3.63, 3.8) is 0 Å². The number of hydrogen-bond acceptors (Lipinski definition) is 5. The molecule has 3 rings (SSSR count). The zero-order valence-electron chi connectivity index (χ0n) is 16.5. The third-order valence-corrected chi connectivity index (χ3v) is 6.73. The molecule has 0 radical (unpaired) electrons. The van der Waals surface area contributed by atoms with Gasteiger partial charge in [-0.25, -0.2) is 27.2 Å². The van der Waals surface area contributed by atoms with E-state index in [9.17, 15) is 17.2 Å². The van der Waals surface area contributed by atoms with Crippen molar-refractivity contribution < 1.29 is 17.2 Å². The summed E-state index contributed by atoms with van der Waals surface area (Å²) in [4.78, 5) is 8.30. The largest absolute Gasteiger partial charge is 0.382 e. The Balaban J connectivity index is 1.65. The van der Waals surface area contributed by atoms with Gasteiger partial charge in [0.15, 0.2) is 15.7 Å². The minimum Gasteiger partial charge on any atom is -0.382 e. The molecule has 0 saturated heterocycles. The minimum absolute atomic E-state index is 0.184. The number of nitrogens with zero attached hydrogens (tertiary/aromatic N) is 3. The van der Waals surface area contributed by atoms with E-state index in [0.717, 1.165) is 41.9 Å². The highest BCUT2D eigenvalue weighted by Crippen LogP contribution is 2.25. The van der Waals surface area contributed by atoms with Gasteiger partial charge in [0.1, 0.15) is 27.9 Å². The second-order valence-corrected chi connectivity index (χ2v) is 9.09. The molecule has 0 atom stereocenters. The number of nitrogen functional groups attached to an aromatic ring is 1. The lowest BCUT2D eigenvalue weighted by molar-refractivity contribution is 0.545. The smallest absolute Gasteiger partial charge is 0.181 e. The lowest BCUT2D eigenvalue weighted by atomic mass is 10.2. The number of pyridine rings is 1.